The van der Waals surface area contributed by atoms with Crippen LogP contribution in [0.15, 0.2) is 18.2 Å². The van der Waals surface area contributed by atoms with E-state index in [1.54, 1.807) is 0 Å². The normalized spacial score (nSPS) is 16.4. The summed E-state index contributed by atoms with van der Waals surface area (Å²) in [6, 6.07) is 3.39. The molecule has 0 radical (unpaired) electrons. The second-order valence-corrected chi connectivity index (χ2v) is 4.68. The van der Waals surface area contributed by atoms with Gasteiger partial charge in [0.15, 0.2) is 0 Å². The van der Waals surface area contributed by atoms with E-state index in [1.165, 1.54) is 11.0 Å². The first-order valence-corrected chi connectivity index (χ1v) is 6.59. The SMILES string of the molecule is O=C(c1c(F)cccc1F)N1CCC(OCCO)CC1. The smallest absolute Gasteiger partial charge is 0.259 e. The van der Waals surface area contributed by atoms with Crippen LogP contribution in [-0.4, -0.2) is 48.3 Å². The Hall–Kier alpha value is -1.53. The van der Waals surface area contributed by atoms with Crippen molar-refractivity contribution in [2.75, 3.05) is 26.3 Å². The van der Waals surface area contributed by atoms with E-state index in [9.17, 15) is 13.6 Å². The van der Waals surface area contributed by atoms with Crippen LogP contribution >= 0.6 is 0 Å². The summed E-state index contributed by atoms with van der Waals surface area (Å²) in [7, 11) is 0. The van der Waals surface area contributed by atoms with Gasteiger partial charge in [0.1, 0.15) is 17.2 Å². The van der Waals surface area contributed by atoms with Crippen LogP contribution < -0.4 is 0 Å². The Morgan fingerprint density at radius 1 is 1.30 bits per heavy atom. The first-order valence-electron chi connectivity index (χ1n) is 6.59. The second-order valence-electron chi connectivity index (χ2n) is 4.68. The number of rotatable bonds is 4. The van der Waals surface area contributed by atoms with Gasteiger partial charge < -0.3 is 14.7 Å². The molecule has 0 aliphatic carbocycles. The highest BCUT2D eigenvalue weighted by Gasteiger charge is 2.27. The number of hydrogen-bond acceptors (Lipinski definition) is 3. The third kappa shape index (κ3) is 3.32. The lowest BCUT2D eigenvalue weighted by Crippen LogP contribution is -2.41. The van der Waals surface area contributed by atoms with Crippen LogP contribution in [0.3, 0.4) is 0 Å². The Balaban J connectivity index is 1.98. The zero-order chi connectivity index (χ0) is 14.5. The van der Waals surface area contributed by atoms with E-state index in [0.717, 1.165) is 12.1 Å². The average Bonchev–Trinajstić information content (AvgIpc) is 2.45. The van der Waals surface area contributed by atoms with Crippen LogP contribution in [0.2, 0.25) is 0 Å². The van der Waals surface area contributed by atoms with Gasteiger partial charge in [0.05, 0.1) is 19.3 Å². The molecule has 1 aromatic rings. The van der Waals surface area contributed by atoms with Crippen LogP contribution in [-0.2, 0) is 4.74 Å². The maximum Gasteiger partial charge on any atom is 0.259 e. The van der Waals surface area contributed by atoms with Gasteiger partial charge in [0, 0.05) is 13.1 Å². The highest BCUT2D eigenvalue weighted by atomic mass is 19.1. The van der Waals surface area contributed by atoms with Gasteiger partial charge in [0.25, 0.3) is 5.91 Å². The summed E-state index contributed by atoms with van der Waals surface area (Å²) in [5.41, 5.74) is -0.498. The Morgan fingerprint density at radius 2 is 1.90 bits per heavy atom. The van der Waals surface area contributed by atoms with Crippen molar-refractivity contribution in [1.29, 1.82) is 0 Å². The van der Waals surface area contributed by atoms with Gasteiger partial charge in [-0.3, -0.25) is 4.79 Å². The number of ether oxygens (including phenoxy) is 1. The molecule has 1 saturated heterocycles. The van der Waals surface area contributed by atoms with Crippen molar-refractivity contribution in [3.05, 3.63) is 35.4 Å². The van der Waals surface area contributed by atoms with Crippen molar-refractivity contribution in [1.82, 2.24) is 4.90 Å². The van der Waals surface area contributed by atoms with Crippen molar-refractivity contribution >= 4 is 5.91 Å². The average molecular weight is 285 g/mol. The van der Waals surface area contributed by atoms with E-state index in [4.69, 9.17) is 9.84 Å². The molecule has 4 nitrogen and oxygen atoms in total. The lowest BCUT2D eigenvalue weighted by molar-refractivity contribution is -0.00569. The van der Waals surface area contributed by atoms with E-state index in [1.807, 2.05) is 0 Å². The highest BCUT2D eigenvalue weighted by molar-refractivity contribution is 5.94. The number of carbonyl (C=O) groups is 1. The van der Waals surface area contributed by atoms with Gasteiger partial charge in [0.2, 0.25) is 0 Å². The number of amides is 1. The Bertz CT molecular complexity index is 453. The van der Waals surface area contributed by atoms with E-state index >= 15 is 0 Å². The number of aliphatic hydroxyl groups is 1. The minimum atomic E-state index is -0.839. The second kappa shape index (κ2) is 6.76. The fraction of sp³-hybridized carbons (Fsp3) is 0.500. The summed E-state index contributed by atoms with van der Waals surface area (Å²) >= 11 is 0. The van der Waals surface area contributed by atoms with Gasteiger partial charge in [-0.25, -0.2) is 8.78 Å². The quantitative estimate of drug-likeness (QED) is 0.913. The molecule has 1 heterocycles. The van der Waals surface area contributed by atoms with Gasteiger partial charge >= 0.3 is 0 Å². The third-order valence-corrected chi connectivity index (χ3v) is 3.35. The van der Waals surface area contributed by atoms with Crippen molar-refractivity contribution in [3.8, 4) is 0 Å². The molecule has 0 atom stereocenters. The summed E-state index contributed by atoms with van der Waals surface area (Å²) < 4.78 is 32.5. The first-order chi connectivity index (χ1) is 9.63. The van der Waals surface area contributed by atoms with E-state index < -0.39 is 23.1 Å². The summed E-state index contributed by atoms with van der Waals surface area (Å²) in [6.07, 6.45) is 1.18. The van der Waals surface area contributed by atoms with Gasteiger partial charge in [-0.2, -0.15) is 0 Å². The summed E-state index contributed by atoms with van der Waals surface area (Å²) in [4.78, 5) is 13.6. The van der Waals surface area contributed by atoms with E-state index in [2.05, 4.69) is 0 Å². The molecule has 6 heteroatoms. The number of hydrogen-bond donors (Lipinski definition) is 1. The monoisotopic (exact) mass is 285 g/mol. The van der Waals surface area contributed by atoms with Crippen molar-refractivity contribution in [2.24, 2.45) is 0 Å². The molecule has 1 N–H and O–H groups in total. The number of aliphatic hydroxyl groups excluding tert-OH is 1. The van der Waals surface area contributed by atoms with E-state index in [0.29, 0.717) is 25.9 Å². The molecule has 1 amide bonds. The number of piperidine rings is 1. The van der Waals surface area contributed by atoms with Gasteiger partial charge in [-0.05, 0) is 25.0 Å². The van der Waals surface area contributed by atoms with Crippen molar-refractivity contribution < 1.29 is 23.4 Å². The molecule has 0 aromatic heterocycles. The molecule has 0 saturated carbocycles. The lowest BCUT2D eigenvalue weighted by atomic mass is 10.1. The predicted molar refractivity (Wildman–Crippen MR) is 68.3 cm³/mol. The van der Waals surface area contributed by atoms with Crippen LogP contribution in [0.25, 0.3) is 0 Å². The van der Waals surface area contributed by atoms with Crippen LogP contribution in [0, 0.1) is 11.6 Å². The van der Waals surface area contributed by atoms with Gasteiger partial charge in [-0.1, -0.05) is 6.07 Å². The van der Waals surface area contributed by atoms with Crippen molar-refractivity contribution in [3.63, 3.8) is 0 Å². The minimum absolute atomic E-state index is 0.0170. The van der Waals surface area contributed by atoms with E-state index in [-0.39, 0.29) is 19.3 Å². The van der Waals surface area contributed by atoms with Gasteiger partial charge in [-0.15, -0.1) is 0 Å². The lowest BCUT2D eigenvalue weighted by Gasteiger charge is -2.32. The third-order valence-electron chi connectivity index (χ3n) is 3.35. The number of carbonyl (C=O) groups excluding carboxylic acids is 1. The molecular formula is C14H17F2NO3. The van der Waals surface area contributed by atoms with Crippen LogP contribution in [0.5, 0.6) is 0 Å². The molecule has 1 aromatic carbocycles. The summed E-state index contributed by atoms with van der Waals surface area (Å²) in [5, 5.41) is 8.67. The van der Waals surface area contributed by atoms with Crippen LogP contribution in [0.4, 0.5) is 8.78 Å². The number of benzene rings is 1. The Kier molecular flexibility index (Phi) is 5.03. The molecule has 1 aliphatic heterocycles. The number of likely N-dealkylation sites (tertiary alicyclic amines) is 1. The molecule has 0 bridgehead atoms. The summed E-state index contributed by atoms with van der Waals surface area (Å²) in [6.45, 7) is 1.01. The Labute approximate surface area is 116 Å². The molecule has 0 unspecified atom stereocenters. The molecule has 20 heavy (non-hydrogen) atoms. The topological polar surface area (TPSA) is 49.8 Å². The zero-order valence-electron chi connectivity index (χ0n) is 11.0. The van der Waals surface area contributed by atoms with Crippen molar-refractivity contribution in [2.45, 2.75) is 18.9 Å². The maximum atomic E-state index is 13.6. The number of nitrogens with zero attached hydrogens (tertiary/aromatic N) is 1. The first kappa shape index (κ1) is 14.9. The Morgan fingerprint density at radius 3 is 2.45 bits per heavy atom. The molecule has 2 rings (SSSR count). The minimum Gasteiger partial charge on any atom is -0.394 e. The zero-order valence-corrected chi connectivity index (χ0v) is 11.0. The molecule has 110 valence electrons. The molecule has 1 fully saturated rings. The fourth-order valence-electron chi connectivity index (χ4n) is 2.31. The molecular weight excluding hydrogens is 268 g/mol. The number of halogens is 2. The summed E-state index contributed by atoms with van der Waals surface area (Å²) in [5.74, 6) is -2.30. The highest BCUT2D eigenvalue weighted by Crippen LogP contribution is 2.19. The molecule has 0 spiro atoms. The molecule has 1 aliphatic rings. The fourth-order valence-corrected chi connectivity index (χ4v) is 2.31. The standard InChI is InChI=1S/C14H17F2NO3/c15-11-2-1-3-12(16)13(11)14(19)17-6-4-10(5-7-17)20-9-8-18/h1-3,10,18H,4-9H2. The predicted octanol–water partition coefficient (Wildman–Crippen LogP) is 1.58. The largest absolute Gasteiger partial charge is 0.394 e. The van der Waals surface area contributed by atoms with Crippen LogP contribution in [0.1, 0.15) is 23.2 Å². The maximum absolute atomic E-state index is 13.6.